The van der Waals surface area contributed by atoms with Crippen molar-refractivity contribution in [3.63, 3.8) is 0 Å². The summed E-state index contributed by atoms with van der Waals surface area (Å²) in [5.41, 5.74) is 2.65. The lowest BCUT2D eigenvalue weighted by atomic mass is 9.97. The van der Waals surface area contributed by atoms with Gasteiger partial charge in [-0.1, -0.05) is 6.07 Å². The van der Waals surface area contributed by atoms with Crippen molar-refractivity contribution in [2.75, 3.05) is 20.7 Å². The summed E-state index contributed by atoms with van der Waals surface area (Å²) in [7, 11) is 3.01. The summed E-state index contributed by atoms with van der Waals surface area (Å²) < 4.78 is 11.1. The number of amides is 2. The van der Waals surface area contributed by atoms with Gasteiger partial charge in [0.2, 0.25) is 6.29 Å². The van der Waals surface area contributed by atoms with E-state index in [1.807, 2.05) is 0 Å². The van der Waals surface area contributed by atoms with Crippen LogP contribution in [0.1, 0.15) is 26.3 Å². The van der Waals surface area contributed by atoms with E-state index < -0.39 is 37.3 Å². The molecule has 178 valence electrons. The maximum atomic E-state index is 12.2. The van der Waals surface area contributed by atoms with Gasteiger partial charge in [0, 0.05) is 25.2 Å². The monoisotopic (exact) mass is 460 g/mol. The number of ether oxygens (including phenoxy) is 2. The first kappa shape index (κ1) is 24.6. The van der Waals surface area contributed by atoms with Gasteiger partial charge in [-0.05, 0) is 53.9 Å². The lowest BCUT2D eigenvalue weighted by molar-refractivity contribution is -0.277. The molecule has 10 nitrogen and oxygen atoms in total. The SMILES string of the molecule is CNC(=O)c1cc(C(=O)NC)cc(-c2ccc(OC3O[C@@H](CO)[C@@H](O)[C@H](O)[C@H]3O)c(C)c2)c1. The molecule has 0 bridgehead atoms. The van der Waals surface area contributed by atoms with Gasteiger partial charge in [-0.25, -0.2) is 0 Å². The molecule has 5 atom stereocenters. The molecule has 33 heavy (non-hydrogen) atoms. The minimum atomic E-state index is -1.55. The Hall–Kier alpha value is -3.02. The molecule has 1 fully saturated rings. The summed E-state index contributed by atoms with van der Waals surface area (Å²) in [6.07, 6.45) is -6.93. The van der Waals surface area contributed by atoms with Gasteiger partial charge in [0.15, 0.2) is 0 Å². The molecule has 0 aliphatic carbocycles. The van der Waals surface area contributed by atoms with Crippen LogP contribution in [0.25, 0.3) is 11.1 Å². The number of hydrogen-bond acceptors (Lipinski definition) is 8. The fourth-order valence-corrected chi connectivity index (χ4v) is 3.60. The molecule has 1 aliphatic rings. The second-order valence-electron chi connectivity index (χ2n) is 7.75. The van der Waals surface area contributed by atoms with E-state index in [1.54, 1.807) is 37.3 Å². The molecule has 2 amide bonds. The van der Waals surface area contributed by atoms with Crippen molar-refractivity contribution in [3.8, 4) is 16.9 Å². The van der Waals surface area contributed by atoms with Crippen molar-refractivity contribution in [3.05, 3.63) is 53.1 Å². The number of aryl methyl sites for hydroxylation is 1. The lowest BCUT2D eigenvalue weighted by Crippen LogP contribution is -2.60. The second kappa shape index (κ2) is 10.3. The highest BCUT2D eigenvalue weighted by Crippen LogP contribution is 2.31. The van der Waals surface area contributed by atoms with Gasteiger partial charge < -0.3 is 40.5 Å². The summed E-state index contributed by atoms with van der Waals surface area (Å²) in [6, 6.07) is 9.94. The van der Waals surface area contributed by atoms with Crippen molar-refractivity contribution in [2.45, 2.75) is 37.6 Å². The normalized spacial score (nSPS) is 24.8. The minimum Gasteiger partial charge on any atom is -0.462 e. The van der Waals surface area contributed by atoms with Crippen molar-refractivity contribution in [1.82, 2.24) is 10.6 Å². The van der Waals surface area contributed by atoms with Crippen LogP contribution >= 0.6 is 0 Å². The molecule has 1 aliphatic heterocycles. The van der Waals surface area contributed by atoms with Gasteiger partial charge in [0.05, 0.1) is 6.61 Å². The quantitative estimate of drug-likeness (QED) is 0.339. The molecule has 2 aromatic rings. The highest BCUT2D eigenvalue weighted by atomic mass is 16.7. The summed E-state index contributed by atoms with van der Waals surface area (Å²) in [4.78, 5) is 24.4. The molecule has 1 heterocycles. The smallest absolute Gasteiger partial charge is 0.251 e. The number of hydrogen-bond donors (Lipinski definition) is 6. The number of aliphatic hydroxyl groups excluding tert-OH is 4. The maximum absolute atomic E-state index is 12.2. The Morgan fingerprint density at radius 2 is 1.52 bits per heavy atom. The van der Waals surface area contributed by atoms with E-state index in [-0.39, 0.29) is 11.8 Å². The van der Waals surface area contributed by atoms with E-state index in [2.05, 4.69) is 10.6 Å². The predicted octanol–water partition coefficient (Wildman–Crippen LogP) is -0.440. The first-order chi connectivity index (χ1) is 15.7. The fraction of sp³-hybridized carbons (Fsp3) is 0.391. The molecule has 1 unspecified atom stereocenters. The molecule has 2 aromatic carbocycles. The summed E-state index contributed by atoms with van der Waals surface area (Å²) in [5.74, 6) is -0.320. The van der Waals surface area contributed by atoms with Crippen LogP contribution < -0.4 is 15.4 Å². The molecule has 10 heteroatoms. The molecule has 6 N–H and O–H groups in total. The maximum Gasteiger partial charge on any atom is 0.251 e. The highest BCUT2D eigenvalue weighted by Gasteiger charge is 2.44. The topological polar surface area (TPSA) is 158 Å². The molecule has 0 aromatic heterocycles. The molecule has 3 rings (SSSR count). The van der Waals surface area contributed by atoms with Crippen LogP contribution in [0.5, 0.6) is 5.75 Å². The van der Waals surface area contributed by atoms with E-state index >= 15 is 0 Å². The molecule has 0 saturated carbocycles. The molecule has 0 spiro atoms. The largest absolute Gasteiger partial charge is 0.462 e. The zero-order valence-electron chi connectivity index (χ0n) is 18.5. The van der Waals surface area contributed by atoms with E-state index in [4.69, 9.17) is 9.47 Å². The molecule has 0 radical (unpaired) electrons. The Balaban J connectivity index is 1.90. The highest BCUT2D eigenvalue weighted by molar-refractivity contribution is 6.01. The summed E-state index contributed by atoms with van der Waals surface area (Å²) in [6.45, 7) is 1.20. The third-order valence-corrected chi connectivity index (χ3v) is 5.51. The van der Waals surface area contributed by atoms with Crippen LogP contribution in [0.2, 0.25) is 0 Å². The van der Waals surface area contributed by atoms with E-state index in [0.717, 1.165) is 0 Å². The average molecular weight is 460 g/mol. The zero-order chi connectivity index (χ0) is 24.3. The standard InChI is InChI=1S/C23H28N2O8/c1-11-6-12(13-7-14(21(30)24-2)9-15(8-13)22(31)25-3)4-5-16(11)32-23-20(29)19(28)18(27)17(10-26)33-23/h4-9,17-20,23,26-29H,10H2,1-3H3,(H,24,30)(H,25,31)/t17-,18+,19-,20+,23?/m0/s1. The van der Waals surface area contributed by atoms with E-state index in [9.17, 15) is 30.0 Å². The fourth-order valence-electron chi connectivity index (χ4n) is 3.60. The first-order valence-corrected chi connectivity index (χ1v) is 10.4. The van der Waals surface area contributed by atoms with Crippen LogP contribution in [0.4, 0.5) is 0 Å². The van der Waals surface area contributed by atoms with Crippen LogP contribution in [-0.4, -0.2) is 83.6 Å². The van der Waals surface area contributed by atoms with Gasteiger partial charge in [0.25, 0.3) is 11.8 Å². The Morgan fingerprint density at radius 3 is 2.03 bits per heavy atom. The van der Waals surface area contributed by atoms with Crippen molar-refractivity contribution in [1.29, 1.82) is 0 Å². The Bertz CT molecular complexity index is 991. The number of carbonyl (C=O) groups excluding carboxylic acids is 2. The Morgan fingerprint density at radius 1 is 0.909 bits per heavy atom. The van der Waals surface area contributed by atoms with E-state index in [0.29, 0.717) is 33.6 Å². The molecular weight excluding hydrogens is 432 g/mol. The van der Waals surface area contributed by atoms with E-state index in [1.165, 1.54) is 20.2 Å². The first-order valence-electron chi connectivity index (χ1n) is 10.4. The predicted molar refractivity (Wildman–Crippen MR) is 118 cm³/mol. The van der Waals surface area contributed by atoms with Gasteiger partial charge in [-0.2, -0.15) is 0 Å². The summed E-state index contributed by atoms with van der Waals surface area (Å²) >= 11 is 0. The average Bonchev–Trinajstić information content (AvgIpc) is 2.83. The van der Waals surface area contributed by atoms with Crippen molar-refractivity contribution < 1.29 is 39.5 Å². The number of aliphatic hydroxyl groups is 4. The van der Waals surface area contributed by atoms with Crippen molar-refractivity contribution >= 4 is 11.8 Å². The molecular formula is C23H28N2O8. The summed E-state index contributed by atoms with van der Waals surface area (Å²) in [5, 5.41) is 44.5. The third-order valence-electron chi connectivity index (χ3n) is 5.51. The van der Waals surface area contributed by atoms with Crippen LogP contribution in [0.15, 0.2) is 36.4 Å². The van der Waals surface area contributed by atoms with Gasteiger partial charge in [-0.3, -0.25) is 9.59 Å². The minimum absolute atomic E-state index is 0.327. The lowest BCUT2D eigenvalue weighted by Gasteiger charge is -2.39. The second-order valence-corrected chi connectivity index (χ2v) is 7.75. The van der Waals surface area contributed by atoms with Crippen LogP contribution in [-0.2, 0) is 4.74 Å². The Kier molecular flexibility index (Phi) is 7.67. The number of carbonyl (C=O) groups is 2. The molecule has 1 saturated heterocycles. The zero-order valence-corrected chi connectivity index (χ0v) is 18.5. The van der Waals surface area contributed by atoms with Crippen LogP contribution in [0.3, 0.4) is 0 Å². The number of rotatable bonds is 6. The number of benzene rings is 2. The number of nitrogens with one attached hydrogen (secondary N) is 2. The third kappa shape index (κ3) is 5.15. The van der Waals surface area contributed by atoms with Crippen molar-refractivity contribution in [2.24, 2.45) is 0 Å². The van der Waals surface area contributed by atoms with Gasteiger partial charge in [0.1, 0.15) is 30.2 Å². The van der Waals surface area contributed by atoms with Gasteiger partial charge in [-0.15, -0.1) is 0 Å². The van der Waals surface area contributed by atoms with Gasteiger partial charge >= 0.3 is 0 Å². The van der Waals surface area contributed by atoms with Crippen LogP contribution in [0, 0.1) is 6.92 Å². The Labute approximate surface area is 190 Å².